The number of carboxylic acids is 1. The molecule has 0 unspecified atom stereocenters. The van der Waals surface area contributed by atoms with E-state index in [9.17, 15) is 19.7 Å². The van der Waals surface area contributed by atoms with E-state index < -0.39 is 22.3 Å². The fourth-order valence-corrected chi connectivity index (χ4v) is 2.17. The Bertz CT molecular complexity index is 596. The SMILES string of the molecule is CCC(CC)(CC(=O)O)NC(=O)c1ccc(N)c([N+](=O)[O-])c1. The summed E-state index contributed by atoms with van der Waals surface area (Å²) < 4.78 is 0. The molecule has 8 heteroatoms. The number of aliphatic carboxylic acids is 1. The lowest BCUT2D eigenvalue weighted by Gasteiger charge is -2.31. The molecule has 1 aromatic carbocycles. The molecule has 0 atom stereocenters. The van der Waals surface area contributed by atoms with Crippen molar-refractivity contribution in [2.45, 2.75) is 38.6 Å². The standard InChI is InChI=1S/C14H19N3O5/c1-3-14(4-2,8-12(18)19)16-13(20)9-5-6-10(15)11(7-9)17(21)22/h5-7H,3-4,8,15H2,1-2H3,(H,16,20)(H,18,19). The van der Waals surface area contributed by atoms with Crippen molar-refractivity contribution in [2.75, 3.05) is 5.73 Å². The summed E-state index contributed by atoms with van der Waals surface area (Å²) in [5, 5.41) is 22.5. The molecule has 0 spiro atoms. The quantitative estimate of drug-likeness (QED) is 0.400. The van der Waals surface area contributed by atoms with Crippen LogP contribution in [0.3, 0.4) is 0 Å². The third-order valence-corrected chi connectivity index (χ3v) is 3.71. The number of hydrogen-bond donors (Lipinski definition) is 3. The Kier molecular flexibility index (Phi) is 5.44. The van der Waals surface area contributed by atoms with Crippen molar-refractivity contribution in [3.63, 3.8) is 0 Å². The van der Waals surface area contributed by atoms with Crippen molar-refractivity contribution < 1.29 is 19.6 Å². The molecular formula is C14H19N3O5. The highest BCUT2D eigenvalue weighted by molar-refractivity contribution is 5.96. The minimum atomic E-state index is -1.02. The average Bonchev–Trinajstić information content (AvgIpc) is 2.45. The maximum absolute atomic E-state index is 12.3. The lowest BCUT2D eigenvalue weighted by Crippen LogP contribution is -2.49. The van der Waals surface area contributed by atoms with Gasteiger partial charge in [-0.1, -0.05) is 13.8 Å². The van der Waals surface area contributed by atoms with E-state index in [0.29, 0.717) is 12.8 Å². The summed E-state index contributed by atoms with van der Waals surface area (Å²) in [6.45, 7) is 3.55. The molecule has 0 aliphatic heterocycles. The number of nitrogens with zero attached hydrogens (tertiary/aromatic N) is 1. The zero-order valence-electron chi connectivity index (χ0n) is 12.5. The molecule has 0 aliphatic carbocycles. The summed E-state index contributed by atoms with van der Waals surface area (Å²) in [5.41, 5.74) is 4.27. The van der Waals surface area contributed by atoms with Crippen molar-refractivity contribution in [3.8, 4) is 0 Å². The summed E-state index contributed by atoms with van der Waals surface area (Å²) in [7, 11) is 0. The number of amides is 1. The largest absolute Gasteiger partial charge is 0.481 e. The molecule has 0 heterocycles. The van der Waals surface area contributed by atoms with E-state index in [-0.39, 0.29) is 23.4 Å². The molecule has 0 saturated heterocycles. The van der Waals surface area contributed by atoms with Crippen LogP contribution >= 0.6 is 0 Å². The van der Waals surface area contributed by atoms with Crippen LogP contribution in [0.2, 0.25) is 0 Å². The summed E-state index contributed by atoms with van der Waals surface area (Å²) in [4.78, 5) is 33.4. The van der Waals surface area contributed by atoms with Crippen LogP contribution in [0, 0.1) is 10.1 Å². The second-order valence-electron chi connectivity index (χ2n) is 5.04. The van der Waals surface area contributed by atoms with Gasteiger partial charge in [0.05, 0.1) is 16.9 Å². The van der Waals surface area contributed by atoms with E-state index in [1.807, 2.05) is 0 Å². The number of nitro benzene ring substituents is 1. The number of hydrogen-bond acceptors (Lipinski definition) is 5. The zero-order valence-corrected chi connectivity index (χ0v) is 12.5. The average molecular weight is 309 g/mol. The molecule has 120 valence electrons. The number of rotatable bonds is 7. The fraction of sp³-hybridized carbons (Fsp3) is 0.429. The van der Waals surface area contributed by atoms with Gasteiger partial charge in [0, 0.05) is 11.6 Å². The Morgan fingerprint density at radius 1 is 1.36 bits per heavy atom. The number of nitrogen functional groups attached to an aromatic ring is 1. The number of anilines is 1. The summed E-state index contributed by atoms with van der Waals surface area (Å²) in [6.07, 6.45) is 0.639. The van der Waals surface area contributed by atoms with Crippen LogP contribution in [0.15, 0.2) is 18.2 Å². The van der Waals surface area contributed by atoms with Crippen LogP contribution in [0.4, 0.5) is 11.4 Å². The molecule has 0 saturated carbocycles. The monoisotopic (exact) mass is 309 g/mol. The van der Waals surface area contributed by atoms with E-state index in [0.717, 1.165) is 6.07 Å². The van der Waals surface area contributed by atoms with E-state index >= 15 is 0 Å². The lowest BCUT2D eigenvalue weighted by atomic mass is 9.88. The van der Waals surface area contributed by atoms with Crippen molar-refractivity contribution in [1.82, 2.24) is 5.32 Å². The van der Waals surface area contributed by atoms with Gasteiger partial charge in [0.25, 0.3) is 11.6 Å². The Labute approximate surface area is 127 Å². The second-order valence-corrected chi connectivity index (χ2v) is 5.04. The molecule has 1 rings (SSSR count). The number of nitro groups is 1. The van der Waals surface area contributed by atoms with E-state index in [1.165, 1.54) is 12.1 Å². The van der Waals surface area contributed by atoms with Gasteiger partial charge in [-0.25, -0.2) is 0 Å². The van der Waals surface area contributed by atoms with Crippen molar-refractivity contribution >= 4 is 23.3 Å². The van der Waals surface area contributed by atoms with Crippen LogP contribution < -0.4 is 11.1 Å². The Hall–Kier alpha value is -2.64. The van der Waals surface area contributed by atoms with Gasteiger partial charge in [-0.3, -0.25) is 19.7 Å². The first-order valence-electron chi connectivity index (χ1n) is 6.83. The number of carbonyl (C=O) groups is 2. The Balaban J connectivity index is 3.07. The van der Waals surface area contributed by atoms with Gasteiger partial charge in [-0.2, -0.15) is 0 Å². The second kappa shape index (κ2) is 6.88. The number of nitrogens with two attached hydrogens (primary N) is 1. The molecule has 0 aromatic heterocycles. The van der Waals surface area contributed by atoms with Gasteiger partial charge in [-0.15, -0.1) is 0 Å². The minimum absolute atomic E-state index is 0.0377. The molecule has 0 bridgehead atoms. The first kappa shape index (κ1) is 17.4. The first-order chi connectivity index (χ1) is 10.2. The zero-order chi connectivity index (χ0) is 16.9. The molecule has 22 heavy (non-hydrogen) atoms. The van der Waals surface area contributed by atoms with Gasteiger partial charge in [0.2, 0.25) is 0 Å². The highest BCUT2D eigenvalue weighted by atomic mass is 16.6. The summed E-state index contributed by atoms with van der Waals surface area (Å²) >= 11 is 0. The number of nitrogens with one attached hydrogen (secondary N) is 1. The van der Waals surface area contributed by atoms with Gasteiger partial charge in [0.15, 0.2) is 0 Å². The van der Waals surface area contributed by atoms with Crippen LogP contribution in [0.1, 0.15) is 43.5 Å². The highest BCUT2D eigenvalue weighted by Crippen LogP contribution is 2.24. The van der Waals surface area contributed by atoms with E-state index in [2.05, 4.69) is 5.32 Å². The first-order valence-corrected chi connectivity index (χ1v) is 6.83. The Morgan fingerprint density at radius 3 is 2.41 bits per heavy atom. The van der Waals surface area contributed by atoms with Gasteiger partial charge < -0.3 is 16.2 Å². The van der Waals surface area contributed by atoms with Crippen molar-refractivity contribution in [1.29, 1.82) is 0 Å². The summed E-state index contributed by atoms with van der Waals surface area (Å²) in [6, 6.07) is 3.74. The highest BCUT2D eigenvalue weighted by Gasteiger charge is 2.31. The lowest BCUT2D eigenvalue weighted by molar-refractivity contribution is -0.383. The summed E-state index contributed by atoms with van der Waals surface area (Å²) in [5.74, 6) is -1.58. The van der Waals surface area contributed by atoms with Crippen molar-refractivity contribution in [3.05, 3.63) is 33.9 Å². The smallest absolute Gasteiger partial charge is 0.305 e. The number of carboxylic acid groups (broad SMARTS) is 1. The van der Waals surface area contributed by atoms with Gasteiger partial charge in [0.1, 0.15) is 5.69 Å². The maximum atomic E-state index is 12.3. The Morgan fingerprint density at radius 2 is 1.95 bits per heavy atom. The topological polar surface area (TPSA) is 136 Å². The normalized spacial score (nSPS) is 11.0. The van der Waals surface area contributed by atoms with E-state index in [1.54, 1.807) is 13.8 Å². The van der Waals surface area contributed by atoms with Gasteiger partial charge in [-0.05, 0) is 25.0 Å². The number of benzene rings is 1. The van der Waals surface area contributed by atoms with Crippen LogP contribution in [-0.2, 0) is 4.79 Å². The van der Waals surface area contributed by atoms with Crippen LogP contribution in [0.5, 0.6) is 0 Å². The molecule has 1 amide bonds. The number of carbonyl (C=O) groups excluding carboxylic acids is 1. The molecule has 0 radical (unpaired) electrons. The van der Waals surface area contributed by atoms with Gasteiger partial charge >= 0.3 is 5.97 Å². The molecule has 1 aromatic rings. The third-order valence-electron chi connectivity index (χ3n) is 3.71. The van der Waals surface area contributed by atoms with Crippen LogP contribution in [-0.4, -0.2) is 27.4 Å². The maximum Gasteiger partial charge on any atom is 0.305 e. The van der Waals surface area contributed by atoms with Crippen LogP contribution in [0.25, 0.3) is 0 Å². The van der Waals surface area contributed by atoms with E-state index in [4.69, 9.17) is 10.8 Å². The fourth-order valence-electron chi connectivity index (χ4n) is 2.17. The third kappa shape index (κ3) is 3.94. The molecular weight excluding hydrogens is 290 g/mol. The molecule has 8 nitrogen and oxygen atoms in total. The predicted octanol–water partition coefficient (Wildman–Crippen LogP) is 1.94. The molecule has 4 N–H and O–H groups in total. The minimum Gasteiger partial charge on any atom is -0.481 e. The predicted molar refractivity (Wildman–Crippen MR) is 80.5 cm³/mol. The van der Waals surface area contributed by atoms with Crippen molar-refractivity contribution in [2.24, 2.45) is 0 Å². The molecule has 0 fully saturated rings. The molecule has 0 aliphatic rings.